The van der Waals surface area contributed by atoms with E-state index in [1.165, 1.54) is 12.3 Å². The molecule has 0 fully saturated rings. The third-order valence-electron chi connectivity index (χ3n) is 2.43. The Balaban J connectivity index is 2.42. The summed E-state index contributed by atoms with van der Waals surface area (Å²) in [4.78, 5) is 5.84. The number of benzene rings is 1. The second kappa shape index (κ2) is 5.15. The van der Waals surface area contributed by atoms with Gasteiger partial charge in [-0.25, -0.2) is 9.37 Å². The SMILES string of the molecule is CCN(c1ccccc1)c1ncc(Cl)cc1F. The molecule has 1 aromatic carbocycles. The van der Waals surface area contributed by atoms with Gasteiger partial charge in [0.05, 0.1) is 5.02 Å². The van der Waals surface area contributed by atoms with E-state index in [9.17, 15) is 4.39 Å². The number of hydrogen-bond donors (Lipinski definition) is 0. The summed E-state index contributed by atoms with van der Waals surface area (Å²) in [6, 6.07) is 10.8. The zero-order chi connectivity index (χ0) is 12.3. The average molecular weight is 251 g/mol. The maximum absolute atomic E-state index is 13.8. The van der Waals surface area contributed by atoms with Gasteiger partial charge in [0, 0.05) is 18.4 Å². The van der Waals surface area contributed by atoms with Crippen molar-refractivity contribution in [2.24, 2.45) is 0 Å². The van der Waals surface area contributed by atoms with Gasteiger partial charge in [0.15, 0.2) is 11.6 Å². The maximum Gasteiger partial charge on any atom is 0.169 e. The van der Waals surface area contributed by atoms with Gasteiger partial charge in [-0.2, -0.15) is 0 Å². The van der Waals surface area contributed by atoms with Gasteiger partial charge in [-0.15, -0.1) is 0 Å². The highest BCUT2D eigenvalue weighted by Gasteiger charge is 2.13. The molecular weight excluding hydrogens is 239 g/mol. The molecule has 2 aromatic rings. The number of hydrogen-bond acceptors (Lipinski definition) is 2. The lowest BCUT2D eigenvalue weighted by Crippen LogP contribution is -2.18. The molecular formula is C13H12ClFN2. The topological polar surface area (TPSA) is 16.1 Å². The standard InChI is InChI=1S/C13H12ClFN2/c1-2-17(11-6-4-3-5-7-11)13-12(15)8-10(14)9-16-13/h3-9H,2H2,1H3. The fourth-order valence-electron chi connectivity index (χ4n) is 1.67. The van der Waals surface area contributed by atoms with Crippen molar-refractivity contribution in [3.63, 3.8) is 0 Å². The number of halogens is 2. The Kier molecular flexibility index (Phi) is 3.59. The third kappa shape index (κ3) is 2.56. The van der Waals surface area contributed by atoms with E-state index in [2.05, 4.69) is 4.98 Å². The Labute approximate surface area is 105 Å². The smallest absolute Gasteiger partial charge is 0.169 e. The number of nitrogens with zero attached hydrogens (tertiary/aromatic N) is 2. The van der Waals surface area contributed by atoms with Crippen LogP contribution in [0, 0.1) is 5.82 Å². The molecule has 2 rings (SSSR count). The van der Waals surface area contributed by atoms with Crippen LogP contribution in [0.3, 0.4) is 0 Å². The van der Waals surface area contributed by atoms with Crippen LogP contribution in [0.2, 0.25) is 5.02 Å². The van der Waals surface area contributed by atoms with Crippen molar-refractivity contribution < 1.29 is 4.39 Å². The average Bonchev–Trinajstić information content (AvgIpc) is 2.34. The summed E-state index contributed by atoms with van der Waals surface area (Å²) in [5, 5.41) is 0.301. The van der Waals surface area contributed by atoms with E-state index in [-0.39, 0.29) is 0 Å². The first-order chi connectivity index (χ1) is 8.22. The van der Waals surface area contributed by atoms with Crippen molar-refractivity contribution in [3.05, 3.63) is 53.4 Å². The minimum atomic E-state index is -0.414. The quantitative estimate of drug-likeness (QED) is 0.818. The van der Waals surface area contributed by atoms with Crippen LogP contribution in [0.25, 0.3) is 0 Å². The zero-order valence-electron chi connectivity index (χ0n) is 9.40. The molecule has 0 saturated heterocycles. The van der Waals surface area contributed by atoms with Gasteiger partial charge < -0.3 is 4.90 Å². The lowest BCUT2D eigenvalue weighted by Gasteiger charge is -2.22. The van der Waals surface area contributed by atoms with Gasteiger partial charge in [0.2, 0.25) is 0 Å². The first-order valence-electron chi connectivity index (χ1n) is 5.36. The highest BCUT2D eigenvalue weighted by Crippen LogP contribution is 2.26. The fourth-order valence-corrected chi connectivity index (χ4v) is 1.81. The van der Waals surface area contributed by atoms with Crippen LogP contribution >= 0.6 is 11.6 Å². The molecule has 0 aliphatic heterocycles. The van der Waals surface area contributed by atoms with Gasteiger partial charge in [0.1, 0.15) is 0 Å². The van der Waals surface area contributed by atoms with Gasteiger partial charge in [-0.05, 0) is 25.1 Å². The molecule has 0 unspecified atom stereocenters. The summed E-state index contributed by atoms with van der Waals surface area (Å²) in [7, 11) is 0. The molecule has 0 N–H and O–H groups in total. The van der Waals surface area contributed by atoms with Crippen molar-refractivity contribution >= 4 is 23.1 Å². The van der Waals surface area contributed by atoms with E-state index in [0.717, 1.165) is 5.69 Å². The van der Waals surface area contributed by atoms with Crippen molar-refractivity contribution in [1.29, 1.82) is 0 Å². The summed E-state index contributed by atoms with van der Waals surface area (Å²) in [5.41, 5.74) is 0.906. The normalized spacial score (nSPS) is 10.3. The molecule has 17 heavy (non-hydrogen) atoms. The summed E-state index contributed by atoms with van der Waals surface area (Å²) >= 11 is 5.69. The van der Waals surface area contributed by atoms with Crippen molar-refractivity contribution in [3.8, 4) is 0 Å². The Morgan fingerprint density at radius 2 is 2.00 bits per heavy atom. The first kappa shape index (κ1) is 11.9. The molecule has 0 atom stereocenters. The monoisotopic (exact) mass is 250 g/mol. The number of anilines is 2. The highest BCUT2D eigenvalue weighted by atomic mass is 35.5. The van der Waals surface area contributed by atoms with Crippen molar-refractivity contribution in [2.75, 3.05) is 11.4 Å². The second-order valence-corrected chi connectivity index (χ2v) is 3.98. The van der Waals surface area contributed by atoms with Gasteiger partial charge >= 0.3 is 0 Å². The van der Waals surface area contributed by atoms with Crippen LogP contribution in [0.1, 0.15) is 6.92 Å². The largest absolute Gasteiger partial charge is 0.324 e. The van der Waals surface area contributed by atoms with E-state index in [0.29, 0.717) is 17.4 Å². The van der Waals surface area contributed by atoms with Crippen LogP contribution in [0.15, 0.2) is 42.6 Å². The van der Waals surface area contributed by atoms with Gasteiger partial charge in [-0.3, -0.25) is 0 Å². The van der Waals surface area contributed by atoms with Crippen molar-refractivity contribution in [2.45, 2.75) is 6.92 Å². The first-order valence-corrected chi connectivity index (χ1v) is 5.73. The Morgan fingerprint density at radius 1 is 1.29 bits per heavy atom. The second-order valence-electron chi connectivity index (χ2n) is 3.54. The van der Waals surface area contributed by atoms with Crippen LogP contribution in [0.5, 0.6) is 0 Å². The molecule has 0 saturated carbocycles. The zero-order valence-corrected chi connectivity index (χ0v) is 10.2. The lowest BCUT2D eigenvalue weighted by atomic mass is 10.2. The Bertz CT molecular complexity index is 502. The molecule has 1 aromatic heterocycles. The highest BCUT2D eigenvalue weighted by molar-refractivity contribution is 6.30. The molecule has 0 amide bonds. The molecule has 1 heterocycles. The molecule has 88 valence electrons. The van der Waals surface area contributed by atoms with E-state index in [1.807, 2.05) is 37.3 Å². The number of rotatable bonds is 3. The summed E-state index contributed by atoms with van der Waals surface area (Å²) in [6.07, 6.45) is 1.45. The van der Waals surface area contributed by atoms with Crippen LogP contribution in [-0.4, -0.2) is 11.5 Å². The predicted octanol–water partition coefficient (Wildman–Crippen LogP) is 4.03. The fraction of sp³-hybridized carbons (Fsp3) is 0.154. The van der Waals surface area contributed by atoms with E-state index in [4.69, 9.17) is 11.6 Å². The minimum Gasteiger partial charge on any atom is -0.324 e. The van der Waals surface area contributed by atoms with Crippen LogP contribution in [0.4, 0.5) is 15.9 Å². The number of para-hydroxylation sites is 1. The molecule has 0 spiro atoms. The molecule has 0 aliphatic rings. The summed E-state index contributed by atoms with van der Waals surface area (Å²) < 4.78 is 13.8. The van der Waals surface area contributed by atoms with E-state index < -0.39 is 5.82 Å². The van der Waals surface area contributed by atoms with Gasteiger partial charge in [-0.1, -0.05) is 29.8 Å². The number of aromatic nitrogens is 1. The third-order valence-corrected chi connectivity index (χ3v) is 2.63. The maximum atomic E-state index is 13.8. The Morgan fingerprint density at radius 3 is 2.59 bits per heavy atom. The number of pyridine rings is 1. The minimum absolute atomic E-state index is 0.295. The Hall–Kier alpha value is -1.61. The molecule has 0 radical (unpaired) electrons. The summed E-state index contributed by atoms with van der Waals surface area (Å²) in [6.45, 7) is 2.58. The van der Waals surface area contributed by atoms with E-state index >= 15 is 0 Å². The van der Waals surface area contributed by atoms with Crippen LogP contribution < -0.4 is 4.90 Å². The molecule has 0 aliphatic carbocycles. The van der Waals surface area contributed by atoms with Gasteiger partial charge in [0.25, 0.3) is 0 Å². The van der Waals surface area contributed by atoms with Crippen LogP contribution in [-0.2, 0) is 0 Å². The molecule has 2 nitrogen and oxygen atoms in total. The lowest BCUT2D eigenvalue weighted by molar-refractivity contribution is 0.619. The predicted molar refractivity (Wildman–Crippen MR) is 68.3 cm³/mol. The summed E-state index contributed by atoms with van der Waals surface area (Å²) in [5.74, 6) is -0.119. The van der Waals surface area contributed by atoms with Crippen molar-refractivity contribution in [1.82, 2.24) is 4.98 Å². The molecule has 0 bridgehead atoms. The molecule has 4 heteroatoms. The van der Waals surface area contributed by atoms with E-state index in [1.54, 1.807) is 4.90 Å².